The molecule has 0 aliphatic heterocycles. The second-order valence-electron chi connectivity index (χ2n) is 2.66. The van der Waals surface area contributed by atoms with Crippen molar-refractivity contribution < 1.29 is 9.59 Å². The van der Waals surface area contributed by atoms with E-state index in [2.05, 4.69) is 0 Å². The van der Waals surface area contributed by atoms with E-state index >= 15 is 0 Å². The average Bonchev–Trinajstić information content (AvgIpc) is 1.94. The van der Waals surface area contributed by atoms with Crippen molar-refractivity contribution in [3.05, 3.63) is 23.4 Å². The first-order chi connectivity index (χ1) is 5.11. The lowest BCUT2D eigenvalue weighted by molar-refractivity contribution is -0.114. The predicted octanol–water partition coefficient (Wildman–Crippen LogP) is 0.914. The Hall–Kier alpha value is -0.963. The molecule has 0 N–H and O–H groups in total. The van der Waals surface area contributed by atoms with E-state index < -0.39 is 8.80 Å². The van der Waals surface area contributed by atoms with Crippen LogP contribution in [0.2, 0.25) is 13.1 Å². The normalized spacial score (nSPS) is 17.5. The Kier molecular flexibility index (Phi) is 2.19. The summed E-state index contributed by atoms with van der Waals surface area (Å²) in [6.45, 7) is 4.00. The van der Waals surface area contributed by atoms with Gasteiger partial charge in [0.1, 0.15) is 0 Å². The maximum Gasteiger partial charge on any atom is 0.178 e. The fourth-order valence-corrected chi connectivity index (χ4v) is 1.91. The summed E-state index contributed by atoms with van der Waals surface area (Å²) in [6, 6.07) is 0. The monoisotopic (exact) mass is 165 g/mol. The molecule has 1 aliphatic rings. The topological polar surface area (TPSA) is 34.1 Å². The van der Waals surface area contributed by atoms with Crippen LogP contribution in [0.3, 0.4) is 0 Å². The van der Waals surface area contributed by atoms with Crippen molar-refractivity contribution in [2.75, 3.05) is 0 Å². The Morgan fingerprint density at radius 2 is 1.82 bits per heavy atom. The van der Waals surface area contributed by atoms with Gasteiger partial charge in [0, 0.05) is 0 Å². The number of hydrogen-bond donors (Lipinski definition) is 0. The summed E-state index contributed by atoms with van der Waals surface area (Å²) in [5, 5.41) is 0.711. The zero-order chi connectivity index (χ0) is 8.43. The first kappa shape index (κ1) is 8.14. The van der Waals surface area contributed by atoms with Crippen molar-refractivity contribution >= 4 is 20.4 Å². The zero-order valence-corrected chi connectivity index (χ0v) is 7.55. The van der Waals surface area contributed by atoms with E-state index in [1.807, 2.05) is 13.1 Å². The Morgan fingerprint density at radius 3 is 2.27 bits per heavy atom. The summed E-state index contributed by atoms with van der Waals surface area (Å²) in [6.07, 6.45) is 4.13. The van der Waals surface area contributed by atoms with Gasteiger partial charge in [-0.15, -0.1) is 0 Å². The van der Waals surface area contributed by atoms with Gasteiger partial charge < -0.3 is 0 Å². The van der Waals surface area contributed by atoms with Gasteiger partial charge >= 0.3 is 0 Å². The molecule has 0 saturated heterocycles. The van der Waals surface area contributed by atoms with Crippen LogP contribution in [0.4, 0.5) is 0 Å². The molecule has 0 bridgehead atoms. The van der Waals surface area contributed by atoms with E-state index in [1.54, 1.807) is 0 Å². The van der Waals surface area contributed by atoms with Crippen molar-refractivity contribution in [2.45, 2.75) is 13.1 Å². The minimum Gasteiger partial charge on any atom is -0.290 e. The van der Waals surface area contributed by atoms with Gasteiger partial charge in [0.15, 0.2) is 11.6 Å². The summed E-state index contributed by atoms with van der Waals surface area (Å²) in [5.41, 5.74) is 0. The standard InChI is InChI=1S/C8H9O2Si/c1-11(2)8-5-6(9)3-4-7(8)10/h3-5H,1-2H3. The van der Waals surface area contributed by atoms with Gasteiger partial charge in [-0.1, -0.05) is 13.1 Å². The Morgan fingerprint density at radius 1 is 1.18 bits per heavy atom. The lowest BCUT2D eigenvalue weighted by atomic mass is 10.2. The summed E-state index contributed by atoms with van der Waals surface area (Å²) in [5.74, 6) is -0.0608. The molecule has 1 rings (SSSR count). The van der Waals surface area contributed by atoms with Crippen LogP contribution in [0.15, 0.2) is 23.4 Å². The summed E-state index contributed by atoms with van der Waals surface area (Å²) in [4.78, 5) is 21.9. The Balaban J connectivity index is 2.94. The second-order valence-corrected chi connectivity index (χ2v) is 5.20. The highest BCUT2D eigenvalue weighted by atomic mass is 28.3. The van der Waals surface area contributed by atoms with E-state index in [4.69, 9.17) is 0 Å². The van der Waals surface area contributed by atoms with Crippen molar-refractivity contribution in [1.29, 1.82) is 0 Å². The number of ketones is 2. The van der Waals surface area contributed by atoms with Gasteiger partial charge in [0.2, 0.25) is 0 Å². The van der Waals surface area contributed by atoms with Crippen molar-refractivity contribution in [2.24, 2.45) is 0 Å². The molecule has 0 heterocycles. The van der Waals surface area contributed by atoms with Gasteiger partial charge in [-0.25, -0.2) is 0 Å². The van der Waals surface area contributed by atoms with E-state index in [9.17, 15) is 9.59 Å². The molecule has 0 fully saturated rings. The molecular formula is C8H9O2Si. The summed E-state index contributed by atoms with van der Waals surface area (Å²) >= 11 is 0. The molecule has 1 radical (unpaired) electrons. The minimum atomic E-state index is -0.777. The fraction of sp³-hybridized carbons (Fsp3) is 0.250. The van der Waals surface area contributed by atoms with Crippen molar-refractivity contribution in [3.8, 4) is 0 Å². The maximum absolute atomic E-state index is 11.1. The van der Waals surface area contributed by atoms with Crippen LogP contribution in [0, 0.1) is 0 Å². The van der Waals surface area contributed by atoms with Crippen LogP contribution < -0.4 is 0 Å². The average molecular weight is 165 g/mol. The number of allylic oxidation sites excluding steroid dienone is 4. The molecule has 0 aromatic rings. The molecule has 2 nitrogen and oxygen atoms in total. The first-order valence-corrected chi connectivity index (χ1v) is 5.90. The molecular weight excluding hydrogens is 156 g/mol. The largest absolute Gasteiger partial charge is 0.290 e. The number of carbonyl (C=O) groups is 2. The van der Waals surface area contributed by atoms with Crippen LogP contribution in [0.1, 0.15) is 0 Å². The Labute approximate surface area is 67.2 Å². The smallest absolute Gasteiger partial charge is 0.178 e. The SMILES string of the molecule is C[Si](C)C1=CC(=O)C=CC1=O. The molecule has 0 amide bonds. The van der Waals surface area contributed by atoms with Crippen LogP contribution in [-0.2, 0) is 9.59 Å². The zero-order valence-electron chi connectivity index (χ0n) is 6.55. The van der Waals surface area contributed by atoms with Crippen molar-refractivity contribution in [3.63, 3.8) is 0 Å². The molecule has 0 aromatic heterocycles. The third-order valence-electron chi connectivity index (χ3n) is 1.49. The molecule has 11 heavy (non-hydrogen) atoms. The van der Waals surface area contributed by atoms with Crippen molar-refractivity contribution in [1.82, 2.24) is 0 Å². The molecule has 0 saturated carbocycles. The molecule has 1 aliphatic carbocycles. The fourth-order valence-electron chi connectivity index (χ4n) is 0.900. The van der Waals surface area contributed by atoms with Gasteiger partial charge in [-0.2, -0.15) is 0 Å². The minimum absolute atomic E-state index is 0.00323. The second kappa shape index (κ2) is 2.96. The molecule has 3 heteroatoms. The lowest BCUT2D eigenvalue weighted by Crippen LogP contribution is -2.18. The third-order valence-corrected chi connectivity index (χ3v) is 2.96. The van der Waals surface area contributed by atoms with E-state index in [0.717, 1.165) is 0 Å². The highest BCUT2D eigenvalue weighted by molar-refractivity contribution is 6.71. The van der Waals surface area contributed by atoms with Gasteiger partial charge in [0.25, 0.3) is 0 Å². The predicted molar refractivity (Wildman–Crippen MR) is 44.7 cm³/mol. The van der Waals surface area contributed by atoms with Crippen LogP contribution in [-0.4, -0.2) is 20.4 Å². The summed E-state index contributed by atoms with van der Waals surface area (Å²) < 4.78 is 0. The lowest BCUT2D eigenvalue weighted by Gasteiger charge is -2.07. The van der Waals surface area contributed by atoms with E-state index in [1.165, 1.54) is 18.2 Å². The van der Waals surface area contributed by atoms with Crippen LogP contribution in [0.25, 0.3) is 0 Å². The molecule has 0 unspecified atom stereocenters. The Bertz CT molecular complexity index is 261. The number of rotatable bonds is 1. The molecule has 0 aromatic carbocycles. The van der Waals surface area contributed by atoms with E-state index in [0.29, 0.717) is 5.20 Å². The van der Waals surface area contributed by atoms with Crippen LogP contribution >= 0.6 is 0 Å². The number of hydrogen-bond acceptors (Lipinski definition) is 2. The third kappa shape index (κ3) is 1.74. The molecule has 57 valence electrons. The maximum atomic E-state index is 11.1. The van der Waals surface area contributed by atoms with Crippen LogP contribution in [0.5, 0.6) is 0 Å². The quantitative estimate of drug-likeness (QED) is 0.427. The first-order valence-electron chi connectivity index (χ1n) is 3.40. The highest BCUT2D eigenvalue weighted by Crippen LogP contribution is 2.08. The van der Waals surface area contributed by atoms with Gasteiger partial charge in [0.05, 0.1) is 8.80 Å². The summed E-state index contributed by atoms with van der Waals surface area (Å²) in [7, 11) is -0.777. The van der Waals surface area contributed by atoms with Gasteiger partial charge in [-0.3, -0.25) is 9.59 Å². The molecule has 0 atom stereocenters. The van der Waals surface area contributed by atoms with Gasteiger partial charge in [-0.05, 0) is 23.4 Å². The highest BCUT2D eigenvalue weighted by Gasteiger charge is 2.16. The number of carbonyl (C=O) groups excluding carboxylic acids is 2. The molecule has 0 spiro atoms. The van der Waals surface area contributed by atoms with E-state index in [-0.39, 0.29) is 11.6 Å².